The van der Waals surface area contributed by atoms with Crippen LogP contribution in [0.2, 0.25) is 0 Å². The average molecular weight is 275 g/mol. The molecule has 0 bridgehead atoms. The Morgan fingerprint density at radius 3 is 2.72 bits per heavy atom. The molecule has 0 heterocycles. The van der Waals surface area contributed by atoms with Crippen LogP contribution in [0.3, 0.4) is 0 Å². The van der Waals surface area contributed by atoms with Crippen LogP contribution in [-0.2, 0) is 4.74 Å². The van der Waals surface area contributed by atoms with Crippen molar-refractivity contribution in [3.63, 3.8) is 0 Å². The van der Waals surface area contributed by atoms with Crippen LogP contribution in [0.15, 0.2) is 0 Å². The number of aliphatic hydroxyl groups excluding tert-OH is 1. The van der Waals surface area contributed by atoms with E-state index in [0.717, 1.165) is 26.0 Å². The Hall–Kier alpha value is 0.230. The highest BCUT2D eigenvalue weighted by Gasteiger charge is 2.32. The summed E-state index contributed by atoms with van der Waals surface area (Å²) < 4.78 is 5.83. The van der Waals surface area contributed by atoms with Crippen LogP contribution in [0.1, 0.15) is 45.4 Å². The molecule has 4 heteroatoms. The lowest BCUT2D eigenvalue weighted by molar-refractivity contribution is 0.0357. The summed E-state index contributed by atoms with van der Waals surface area (Å²) in [6, 6.07) is 0. The van der Waals surface area contributed by atoms with Gasteiger partial charge in [-0.25, -0.2) is 0 Å². The van der Waals surface area contributed by atoms with E-state index < -0.39 is 0 Å². The lowest BCUT2D eigenvalue weighted by atomic mass is 10.1. The number of nitrogens with one attached hydrogen (secondary N) is 1. The van der Waals surface area contributed by atoms with E-state index in [1.807, 2.05) is 11.8 Å². The molecule has 1 fully saturated rings. The molecule has 0 aromatic rings. The van der Waals surface area contributed by atoms with E-state index in [2.05, 4.69) is 18.5 Å². The predicted molar refractivity (Wildman–Crippen MR) is 79.3 cm³/mol. The zero-order chi connectivity index (χ0) is 13.3. The Morgan fingerprint density at radius 2 is 2.11 bits per heavy atom. The average Bonchev–Trinajstić information content (AvgIpc) is 2.84. The number of rotatable bonds is 10. The van der Waals surface area contributed by atoms with Gasteiger partial charge in [-0.05, 0) is 25.5 Å². The van der Waals surface area contributed by atoms with Crippen LogP contribution in [0.5, 0.6) is 0 Å². The Labute approximate surface area is 116 Å². The second-order valence-corrected chi connectivity index (χ2v) is 6.58. The Kier molecular flexibility index (Phi) is 8.31. The molecular weight excluding hydrogens is 246 g/mol. The second kappa shape index (κ2) is 9.18. The molecule has 1 aliphatic rings. The Balaban J connectivity index is 2.05. The predicted octanol–water partition coefficient (Wildman–Crippen LogP) is 2.43. The summed E-state index contributed by atoms with van der Waals surface area (Å²) in [6.07, 6.45) is 9.38. The largest absolute Gasteiger partial charge is 0.389 e. The maximum absolute atomic E-state index is 9.78. The van der Waals surface area contributed by atoms with E-state index in [-0.39, 0.29) is 6.10 Å². The molecule has 0 amide bonds. The van der Waals surface area contributed by atoms with Gasteiger partial charge in [-0.3, -0.25) is 0 Å². The minimum atomic E-state index is -0.373. The molecule has 1 saturated carbocycles. The van der Waals surface area contributed by atoms with Crippen LogP contribution < -0.4 is 5.32 Å². The molecule has 1 aliphatic carbocycles. The smallest absolute Gasteiger partial charge is 0.0897 e. The molecule has 0 aliphatic heterocycles. The quantitative estimate of drug-likeness (QED) is 0.601. The number of thioether (sulfide) groups is 1. The molecule has 18 heavy (non-hydrogen) atoms. The van der Waals surface area contributed by atoms with Gasteiger partial charge in [-0.1, -0.05) is 26.2 Å². The fourth-order valence-electron chi connectivity index (χ4n) is 2.46. The minimum Gasteiger partial charge on any atom is -0.389 e. The van der Waals surface area contributed by atoms with Gasteiger partial charge < -0.3 is 15.2 Å². The fourth-order valence-corrected chi connectivity index (χ4v) is 3.41. The van der Waals surface area contributed by atoms with E-state index in [4.69, 9.17) is 4.74 Å². The van der Waals surface area contributed by atoms with Crippen molar-refractivity contribution in [2.75, 3.05) is 32.6 Å². The van der Waals surface area contributed by atoms with Gasteiger partial charge in [0, 0.05) is 24.4 Å². The molecule has 0 radical (unpaired) electrons. The summed E-state index contributed by atoms with van der Waals surface area (Å²) in [5.41, 5.74) is 0. The van der Waals surface area contributed by atoms with Crippen molar-refractivity contribution in [2.45, 2.75) is 56.3 Å². The zero-order valence-corrected chi connectivity index (χ0v) is 12.7. The molecule has 0 saturated heterocycles. The van der Waals surface area contributed by atoms with Crippen molar-refractivity contribution in [1.82, 2.24) is 5.32 Å². The monoisotopic (exact) mass is 275 g/mol. The van der Waals surface area contributed by atoms with Crippen molar-refractivity contribution >= 4 is 11.8 Å². The first-order chi connectivity index (χ1) is 8.72. The standard InChI is InChI=1S/C14H29NO2S/c1-3-4-9-17-11-13(16)10-15-12-14(18-2)7-5-6-8-14/h13,15-16H,3-12H2,1-2H3. The molecule has 0 spiro atoms. The summed E-state index contributed by atoms with van der Waals surface area (Å²) in [7, 11) is 0. The number of ether oxygens (including phenoxy) is 1. The highest BCUT2D eigenvalue weighted by molar-refractivity contribution is 8.00. The van der Waals surface area contributed by atoms with E-state index in [1.54, 1.807) is 0 Å². The molecule has 108 valence electrons. The molecule has 3 nitrogen and oxygen atoms in total. The van der Waals surface area contributed by atoms with Gasteiger partial charge in [0.05, 0.1) is 12.7 Å². The van der Waals surface area contributed by atoms with Crippen molar-refractivity contribution in [3.8, 4) is 0 Å². The first-order valence-electron chi connectivity index (χ1n) is 7.24. The number of hydrogen-bond donors (Lipinski definition) is 2. The molecule has 0 aromatic carbocycles. The van der Waals surface area contributed by atoms with Crippen LogP contribution in [-0.4, -0.2) is 48.5 Å². The molecule has 2 N–H and O–H groups in total. The third-order valence-corrected chi connectivity index (χ3v) is 5.15. The minimum absolute atomic E-state index is 0.373. The van der Waals surface area contributed by atoms with Gasteiger partial charge in [-0.2, -0.15) is 11.8 Å². The van der Waals surface area contributed by atoms with Crippen molar-refractivity contribution in [2.24, 2.45) is 0 Å². The van der Waals surface area contributed by atoms with E-state index >= 15 is 0 Å². The van der Waals surface area contributed by atoms with Gasteiger partial charge >= 0.3 is 0 Å². The normalized spacial score (nSPS) is 20.2. The summed E-state index contributed by atoms with van der Waals surface area (Å²) >= 11 is 1.98. The maximum Gasteiger partial charge on any atom is 0.0897 e. The first kappa shape index (κ1) is 16.3. The summed E-state index contributed by atoms with van der Waals surface area (Å²) in [4.78, 5) is 0. The topological polar surface area (TPSA) is 41.5 Å². The van der Waals surface area contributed by atoms with E-state index in [1.165, 1.54) is 25.7 Å². The van der Waals surface area contributed by atoms with Gasteiger partial charge in [0.2, 0.25) is 0 Å². The molecule has 1 unspecified atom stereocenters. The van der Waals surface area contributed by atoms with Gasteiger partial charge in [0.1, 0.15) is 0 Å². The number of aliphatic hydroxyl groups is 1. The van der Waals surface area contributed by atoms with E-state index in [9.17, 15) is 5.11 Å². The lowest BCUT2D eigenvalue weighted by Crippen LogP contribution is -2.39. The van der Waals surface area contributed by atoms with Gasteiger partial charge in [-0.15, -0.1) is 0 Å². The summed E-state index contributed by atoms with van der Waals surface area (Å²) in [6.45, 7) is 5.03. The SMILES string of the molecule is CCCCOCC(O)CNCC1(SC)CCCC1. The van der Waals surface area contributed by atoms with Crippen LogP contribution >= 0.6 is 11.8 Å². The molecule has 1 atom stereocenters. The van der Waals surface area contributed by atoms with Crippen molar-refractivity contribution in [1.29, 1.82) is 0 Å². The van der Waals surface area contributed by atoms with Crippen LogP contribution in [0.4, 0.5) is 0 Å². The molecule has 0 aromatic heterocycles. The maximum atomic E-state index is 9.78. The Morgan fingerprint density at radius 1 is 1.39 bits per heavy atom. The van der Waals surface area contributed by atoms with Crippen LogP contribution in [0.25, 0.3) is 0 Å². The third kappa shape index (κ3) is 5.91. The summed E-state index contributed by atoms with van der Waals surface area (Å²) in [5, 5.41) is 13.2. The zero-order valence-electron chi connectivity index (χ0n) is 11.9. The lowest BCUT2D eigenvalue weighted by Gasteiger charge is -2.27. The third-order valence-electron chi connectivity index (χ3n) is 3.73. The van der Waals surface area contributed by atoms with Gasteiger partial charge in [0.25, 0.3) is 0 Å². The fraction of sp³-hybridized carbons (Fsp3) is 1.00. The molecular formula is C14H29NO2S. The van der Waals surface area contributed by atoms with Crippen molar-refractivity contribution in [3.05, 3.63) is 0 Å². The van der Waals surface area contributed by atoms with Crippen LogP contribution in [0, 0.1) is 0 Å². The number of unbranched alkanes of at least 4 members (excludes halogenated alkanes) is 1. The highest BCUT2D eigenvalue weighted by Crippen LogP contribution is 2.39. The second-order valence-electron chi connectivity index (χ2n) is 5.31. The van der Waals surface area contributed by atoms with Gasteiger partial charge in [0.15, 0.2) is 0 Å². The first-order valence-corrected chi connectivity index (χ1v) is 8.46. The number of hydrogen-bond acceptors (Lipinski definition) is 4. The van der Waals surface area contributed by atoms with E-state index in [0.29, 0.717) is 17.9 Å². The Bertz CT molecular complexity index is 208. The molecule has 1 rings (SSSR count). The highest BCUT2D eigenvalue weighted by atomic mass is 32.2. The summed E-state index contributed by atoms with van der Waals surface area (Å²) in [5.74, 6) is 0. The van der Waals surface area contributed by atoms with Crippen molar-refractivity contribution < 1.29 is 9.84 Å².